The molecule has 0 radical (unpaired) electrons. The van der Waals surface area contributed by atoms with E-state index in [1.807, 2.05) is 19.9 Å². The lowest BCUT2D eigenvalue weighted by molar-refractivity contribution is -0.161. The van der Waals surface area contributed by atoms with Crippen molar-refractivity contribution >= 4 is 11.6 Å². The lowest BCUT2D eigenvalue weighted by Crippen LogP contribution is -2.57. The summed E-state index contributed by atoms with van der Waals surface area (Å²) in [5.74, 6) is -0.0376. The summed E-state index contributed by atoms with van der Waals surface area (Å²) in [6.07, 6.45) is 10.9. The van der Waals surface area contributed by atoms with Crippen LogP contribution in [-0.4, -0.2) is 34.0 Å². The van der Waals surface area contributed by atoms with Crippen LogP contribution in [0.5, 0.6) is 0 Å². The summed E-state index contributed by atoms with van der Waals surface area (Å²) in [5.41, 5.74) is 0.289. The highest BCUT2D eigenvalue weighted by Crippen LogP contribution is 2.66. The van der Waals surface area contributed by atoms with E-state index >= 15 is 0 Å². The molecule has 4 aliphatic rings. The van der Waals surface area contributed by atoms with Crippen molar-refractivity contribution in [2.24, 2.45) is 28.6 Å². The number of carbonyl (C=O) groups excluding carboxylic acids is 2. The molecule has 0 aliphatic heterocycles. The Labute approximate surface area is 154 Å². The number of Topliss-reactive ketones (excluding diaryl/α,β-unsaturated/α-hetero) is 1. The summed E-state index contributed by atoms with van der Waals surface area (Å²) in [6.45, 7) is 5.54. The standard InChI is InChI=1S/C22H28O4/c1-13-10-18-16-5-4-14-11-15(24)6-8-20(14,2)17(16)7-9-21(18,3)22(13,26)19(25)12-23/h6-8,11,13,16,18,23,26H,4-5,9-10,12H2,1-3H3/t13-,16+,18-,20+,21+,22+/m1/s1. The van der Waals surface area contributed by atoms with Crippen molar-refractivity contribution in [1.29, 1.82) is 0 Å². The molecule has 2 N–H and O–H groups in total. The van der Waals surface area contributed by atoms with Crippen molar-refractivity contribution in [3.63, 3.8) is 0 Å². The molecule has 4 aliphatic carbocycles. The summed E-state index contributed by atoms with van der Waals surface area (Å²) >= 11 is 0. The average molecular weight is 356 g/mol. The van der Waals surface area contributed by atoms with Gasteiger partial charge < -0.3 is 10.2 Å². The smallest absolute Gasteiger partial charge is 0.190 e. The van der Waals surface area contributed by atoms with Crippen molar-refractivity contribution in [3.05, 3.63) is 35.5 Å². The van der Waals surface area contributed by atoms with Crippen molar-refractivity contribution < 1.29 is 19.8 Å². The molecule has 4 heteroatoms. The Kier molecular flexibility index (Phi) is 3.78. The number of hydrogen-bond donors (Lipinski definition) is 2. The monoisotopic (exact) mass is 356 g/mol. The van der Waals surface area contributed by atoms with E-state index in [2.05, 4.69) is 13.0 Å². The zero-order valence-corrected chi connectivity index (χ0v) is 15.8. The third-order valence-electron chi connectivity index (χ3n) is 8.10. The second kappa shape index (κ2) is 5.49. The summed E-state index contributed by atoms with van der Waals surface area (Å²) in [7, 11) is 0. The van der Waals surface area contributed by atoms with Crippen LogP contribution < -0.4 is 0 Å². The van der Waals surface area contributed by atoms with E-state index in [9.17, 15) is 19.8 Å². The molecule has 0 saturated heterocycles. The fourth-order valence-electron chi connectivity index (χ4n) is 6.58. The van der Waals surface area contributed by atoms with Gasteiger partial charge in [-0.05, 0) is 62.5 Å². The third-order valence-corrected chi connectivity index (χ3v) is 8.10. The van der Waals surface area contributed by atoms with Crippen molar-refractivity contribution in [1.82, 2.24) is 0 Å². The SMILES string of the molecule is C[C@@H]1C[C@@H]2[C@H]3CCC4=CC(=O)C=C[C@]4(C)C3=CC[C@]2(C)[C@@]1(O)C(=O)CO. The molecule has 2 fully saturated rings. The second-order valence-corrected chi connectivity index (χ2v) is 9.12. The summed E-state index contributed by atoms with van der Waals surface area (Å²) in [5, 5.41) is 20.9. The number of rotatable bonds is 2. The van der Waals surface area contributed by atoms with Crippen LogP contribution in [0.15, 0.2) is 35.5 Å². The van der Waals surface area contributed by atoms with Gasteiger partial charge in [-0.25, -0.2) is 0 Å². The van der Waals surface area contributed by atoms with Gasteiger partial charge >= 0.3 is 0 Å². The molecule has 4 rings (SSSR count). The molecular formula is C22H28O4. The molecule has 0 unspecified atom stereocenters. The van der Waals surface area contributed by atoms with Gasteiger partial charge in [0, 0.05) is 10.8 Å². The fraction of sp³-hybridized carbons (Fsp3) is 0.636. The van der Waals surface area contributed by atoms with Gasteiger partial charge in [-0.1, -0.05) is 37.1 Å². The van der Waals surface area contributed by atoms with E-state index in [0.29, 0.717) is 12.3 Å². The minimum Gasteiger partial charge on any atom is -0.388 e. The Bertz CT molecular complexity index is 775. The van der Waals surface area contributed by atoms with E-state index < -0.39 is 23.4 Å². The Balaban J connectivity index is 1.79. The average Bonchev–Trinajstić information content (AvgIpc) is 2.83. The molecule has 0 heterocycles. The number of fused-ring (bicyclic) bond motifs is 5. The van der Waals surface area contributed by atoms with E-state index in [-0.39, 0.29) is 23.0 Å². The maximum absolute atomic E-state index is 12.5. The Morgan fingerprint density at radius 3 is 2.77 bits per heavy atom. The van der Waals surface area contributed by atoms with Crippen LogP contribution in [0.1, 0.15) is 46.5 Å². The van der Waals surface area contributed by atoms with Gasteiger partial charge in [0.2, 0.25) is 0 Å². The maximum Gasteiger partial charge on any atom is 0.190 e. The summed E-state index contributed by atoms with van der Waals surface area (Å²) < 4.78 is 0. The highest BCUT2D eigenvalue weighted by molar-refractivity contribution is 6.01. The summed E-state index contributed by atoms with van der Waals surface area (Å²) in [6, 6.07) is 0. The number of ketones is 2. The minimum atomic E-state index is -1.47. The lowest BCUT2D eigenvalue weighted by Gasteiger charge is -2.53. The number of aliphatic hydroxyl groups excluding tert-OH is 1. The normalized spacial score (nSPS) is 46.8. The molecule has 0 spiro atoms. The molecule has 140 valence electrons. The van der Waals surface area contributed by atoms with E-state index in [0.717, 1.165) is 19.3 Å². The van der Waals surface area contributed by atoms with Crippen molar-refractivity contribution in [2.75, 3.05) is 6.61 Å². The zero-order chi connectivity index (χ0) is 18.9. The van der Waals surface area contributed by atoms with Gasteiger partial charge in [0.1, 0.15) is 12.2 Å². The third kappa shape index (κ3) is 1.97. The highest BCUT2D eigenvalue weighted by atomic mass is 16.3. The van der Waals surface area contributed by atoms with Gasteiger partial charge in [0.15, 0.2) is 11.6 Å². The number of carbonyl (C=O) groups is 2. The van der Waals surface area contributed by atoms with Crippen LogP contribution >= 0.6 is 0 Å². The van der Waals surface area contributed by atoms with Crippen molar-refractivity contribution in [3.8, 4) is 0 Å². The van der Waals surface area contributed by atoms with Crippen LogP contribution in [0.4, 0.5) is 0 Å². The van der Waals surface area contributed by atoms with E-state index in [1.165, 1.54) is 11.1 Å². The topological polar surface area (TPSA) is 74.6 Å². The largest absolute Gasteiger partial charge is 0.388 e. The number of aliphatic hydroxyl groups is 2. The summed E-state index contributed by atoms with van der Waals surface area (Å²) in [4.78, 5) is 24.3. The molecular weight excluding hydrogens is 328 g/mol. The van der Waals surface area contributed by atoms with Gasteiger partial charge in [-0.2, -0.15) is 0 Å². The van der Waals surface area contributed by atoms with Gasteiger partial charge in [0.25, 0.3) is 0 Å². The first kappa shape index (κ1) is 17.9. The maximum atomic E-state index is 12.5. The number of hydrogen-bond acceptors (Lipinski definition) is 4. The van der Waals surface area contributed by atoms with E-state index in [4.69, 9.17) is 0 Å². The molecule has 6 atom stereocenters. The quantitative estimate of drug-likeness (QED) is 0.746. The van der Waals surface area contributed by atoms with Crippen molar-refractivity contribution in [2.45, 2.75) is 52.1 Å². The van der Waals surface area contributed by atoms with Gasteiger partial charge in [0.05, 0.1) is 0 Å². The molecule has 0 bridgehead atoms. The lowest BCUT2D eigenvalue weighted by atomic mass is 9.51. The number of allylic oxidation sites excluding steroid dienone is 6. The van der Waals surface area contributed by atoms with Gasteiger partial charge in [-0.15, -0.1) is 0 Å². The molecule has 26 heavy (non-hydrogen) atoms. The van der Waals surface area contributed by atoms with Crippen LogP contribution in [-0.2, 0) is 9.59 Å². The molecule has 4 nitrogen and oxygen atoms in total. The van der Waals surface area contributed by atoms with E-state index in [1.54, 1.807) is 12.2 Å². The molecule has 2 saturated carbocycles. The van der Waals surface area contributed by atoms with Crippen LogP contribution in [0, 0.1) is 28.6 Å². The Hall–Kier alpha value is -1.52. The molecule has 0 amide bonds. The molecule has 0 aromatic rings. The van der Waals surface area contributed by atoms with Crippen LogP contribution in [0.2, 0.25) is 0 Å². The Morgan fingerprint density at radius 2 is 2.08 bits per heavy atom. The first-order valence-electron chi connectivity index (χ1n) is 9.70. The molecule has 0 aromatic heterocycles. The predicted molar refractivity (Wildman–Crippen MR) is 98.2 cm³/mol. The molecule has 0 aromatic carbocycles. The van der Waals surface area contributed by atoms with Crippen LogP contribution in [0.25, 0.3) is 0 Å². The minimum absolute atomic E-state index is 0.0644. The fourth-order valence-corrected chi connectivity index (χ4v) is 6.58. The van der Waals surface area contributed by atoms with Crippen LogP contribution in [0.3, 0.4) is 0 Å². The second-order valence-electron chi connectivity index (χ2n) is 9.12. The first-order valence-corrected chi connectivity index (χ1v) is 9.70. The predicted octanol–water partition coefficient (Wildman–Crippen LogP) is 2.75. The first-order chi connectivity index (χ1) is 12.2. The van der Waals surface area contributed by atoms with Gasteiger partial charge in [-0.3, -0.25) is 9.59 Å². The zero-order valence-electron chi connectivity index (χ0n) is 15.8. The highest BCUT2D eigenvalue weighted by Gasteiger charge is 2.66. The Morgan fingerprint density at radius 1 is 1.35 bits per heavy atom.